The summed E-state index contributed by atoms with van der Waals surface area (Å²) < 4.78 is 24.1. The molecule has 22 heavy (non-hydrogen) atoms. The Balaban J connectivity index is 1.97. The number of esters is 1. The maximum Gasteiger partial charge on any atom is 0.310 e. The fraction of sp³-hybridized carbons (Fsp3) is 0.588. The van der Waals surface area contributed by atoms with Crippen LogP contribution in [0.3, 0.4) is 0 Å². The second kappa shape index (κ2) is 5.88. The van der Waals surface area contributed by atoms with E-state index < -0.39 is 0 Å². The van der Waals surface area contributed by atoms with Gasteiger partial charge < -0.3 is 9.47 Å². The number of halogens is 1. The number of carbonyl (C=O) groups excluding carboxylic acids is 1. The number of benzene rings is 1. The molecule has 2 fully saturated rings. The third-order valence-corrected chi connectivity index (χ3v) is 5.35. The van der Waals surface area contributed by atoms with Crippen LogP contribution in [0, 0.1) is 11.7 Å². The minimum Gasteiger partial charge on any atom is -0.494 e. The van der Waals surface area contributed by atoms with Gasteiger partial charge in [0.05, 0.1) is 20.1 Å². The fourth-order valence-electron chi connectivity index (χ4n) is 4.18. The van der Waals surface area contributed by atoms with E-state index in [1.165, 1.54) is 20.3 Å². The summed E-state index contributed by atoms with van der Waals surface area (Å²) in [6.07, 6.45) is 2.94. The van der Waals surface area contributed by atoms with Gasteiger partial charge in [-0.25, -0.2) is 4.39 Å². The zero-order chi connectivity index (χ0) is 15.9. The zero-order valence-corrected chi connectivity index (χ0v) is 13.2. The van der Waals surface area contributed by atoms with Gasteiger partial charge in [-0.05, 0) is 44.0 Å². The van der Waals surface area contributed by atoms with Crippen LogP contribution in [-0.2, 0) is 9.53 Å². The Kier molecular flexibility index (Phi) is 4.08. The molecule has 2 saturated heterocycles. The summed E-state index contributed by atoms with van der Waals surface area (Å²) in [5, 5.41) is 0. The standard InChI is InChI=1S/C17H22FNO3/c1-19-11-5-6-14(19)16(17(20)22-3)12(9-11)10-4-7-15(21-2)13(18)8-10/h4,7-8,11-12,14,16H,5-6,9H2,1-3H3/t11-,12+,14+,16-/m0/s1. The molecular formula is C17H22FNO3. The maximum atomic E-state index is 14.1. The Labute approximate surface area is 130 Å². The number of nitrogens with zero attached hydrogens (tertiary/aromatic N) is 1. The average molecular weight is 307 g/mol. The van der Waals surface area contributed by atoms with E-state index in [1.807, 2.05) is 6.07 Å². The van der Waals surface area contributed by atoms with Crippen LogP contribution in [0.4, 0.5) is 4.39 Å². The molecule has 4 nitrogen and oxygen atoms in total. The van der Waals surface area contributed by atoms with E-state index >= 15 is 0 Å². The van der Waals surface area contributed by atoms with Gasteiger partial charge in [-0.1, -0.05) is 6.07 Å². The maximum absolute atomic E-state index is 14.1. The lowest BCUT2D eigenvalue weighted by molar-refractivity contribution is -0.150. The van der Waals surface area contributed by atoms with E-state index in [-0.39, 0.29) is 35.4 Å². The fourth-order valence-corrected chi connectivity index (χ4v) is 4.18. The summed E-state index contributed by atoms with van der Waals surface area (Å²) in [7, 11) is 4.95. The second-order valence-electron chi connectivity index (χ2n) is 6.25. The highest BCUT2D eigenvalue weighted by Gasteiger charge is 2.49. The van der Waals surface area contributed by atoms with E-state index in [9.17, 15) is 9.18 Å². The van der Waals surface area contributed by atoms with Gasteiger partial charge in [-0.15, -0.1) is 0 Å². The predicted octanol–water partition coefficient (Wildman–Crippen LogP) is 2.57. The Morgan fingerprint density at radius 1 is 1.32 bits per heavy atom. The first-order chi connectivity index (χ1) is 10.6. The molecule has 5 heteroatoms. The molecule has 0 radical (unpaired) electrons. The van der Waals surface area contributed by atoms with Crippen LogP contribution in [0.25, 0.3) is 0 Å². The van der Waals surface area contributed by atoms with Crippen molar-refractivity contribution in [2.24, 2.45) is 5.92 Å². The summed E-state index contributed by atoms with van der Waals surface area (Å²) in [5.74, 6) is -0.578. The van der Waals surface area contributed by atoms with E-state index in [0.29, 0.717) is 6.04 Å². The molecule has 0 N–H and O–H groups in total. The lowest BCUT2D eigenvalue weighted by Gasteiger charge is -2.41. The molecule has 0 saturated carbocycles. The largest absolute Gasteiger partial charge is 0.494 e. The number of fused-ring (bicyclic) bond motifs is 2. The van der Waals surface area contributed by atoms with E-state index in [4.69, 9.17) is 9.47 Å². The van der Waals surface area contributed by atoms with Crippen LogP contribution >= 0.6 is 0 Å². The highest BCUT2D eigenvalue weighted by molar-refractivity contribution is 5.75. The van der Waals surface area contributed by atoms with Gasteiger partial charge in [0, 0.05) is 18.0 Å². The van der Waals surface area contributed by atoms with Crippen molar-refractivity contribution in [3.05, 3.63) is 29.6 Å². The van der Waals surface area contributed by atoms with Crippen molar-refractivity contribution >= 4 is 5.97 Å². The van der Waals surface area contributed by atoms with Gasteiger partial charge >= 0.3 is 5.97 Å². The van der Waals surface area contributed by atoms with Crippen molar-refractivity contribution in [1.82, 2.24) is 4.90 Å². The molecule has 0 unspecified atom stereocenters. The van der Waals surface area contributed by atoms with E-state index in [2.05, 4.69) is 11.9 Å². The molecule has 0 amide bonds. The molecular weight excluding hydrogens is 285 g/mol. The first kappa shape index (κ1) is 15.3. The molecule has 2 bridgehead atoms. The summed E-state index contributed by atoms with van der Waals surface area (Å²) in [4.78, 5) is 14.6. The van der Waals surface area contributed by atoms with Crippen LogP contribution in [-0.4, -0.2) is 44.2 Å². The van der Waals surface area contributed by atoms with Gasteiger partial charge in [-0.3, -0.25) is 9.69 Å². The minimum absolute atomic E-state index is 0.00144. The first-order valence-corrected chi connectivity index (χ1v) is 7.70. The number of rotatable bonds is 3. The summed E-state index contributed by atoms with van der Waals surface area (Å²) in [5.41, 5.74) is 0.860. The molecule has 2 aliphatic rings. The Bertz CT molecular complexity index is 577. The smallest absolute Gasteiger partial charge is 0.310 e. The van der Waals surface area contributed by atoms with E-state index in [0.717, 1.165) is 24.8 Å². The average Bonchev–Trinajstić information content (AvgIpc) is 2.76. The minimum atomic E-state index is -0.380. The lowest BCUT2D eigenvalue weighted by atomic mass is 9.76. The van der Waals surface area contributed by atoms with Crippen LogP contribution < -0.4 is 4.74 Å². The molecule has 2 heterocycles. The van der Waals surface area contributed by atoms with Crippen LogP contribution in [0.2, 0.25) is 0 Å². The van der Waals surface area contributed by atoms with Gasteiger partial charge in [0.1, 0.15) is 0 Å². The lowest BCUT2D eigenvalue weighted by Crippen LogP contribution is -2.49. The molecule has 1 aromatic carbocycles. The number of ether oxygens (including phenoxy) is 2. The van der Waals surface area contributed by atoms with Crippen molar-refractivity contribution < 1.29 is 18.7 Å². The number of piperidine rings is 1. The van der Waals surface area contributed by atoms with Gasteiger partial charge in [0.2, 0.25) is 0 Å². The van der Waals surface area contributed by atoms with Gasteiger partial charge in [0.25, 0.3) is 0 Å². The zero-order valence-electron chi connectivity index (χ0n) is 13.2. The Morgan fingerprint density at radius 2 is 2.09 bits per heavy atom. The molecule has 120 valence electrons. The van der Waals surface area contributed by atoms with Crippen molar-refractivity contribution in [2.75, 3.05) is 21.3 Å². The second-order valence-corrected chi connectivity index (χ2v) is 6.25. The normalized spacial score (nSPS) is 31.1. The predicted molar refractivity (Wildman–Crippen MR) is 80.4 cm³/mol. The number of hydrogen-bond donors (Lipinski definition) is 0. The van der Waals surface area contributed by atoms with Crippen molar-refractivity contribution in [1.29, 1.82) is 0 Å². The number of carbonyl (C=O) groups is 1. The molecule has 0 spiro atoms. The molecule has 0 aromatic heterocycles. The third kappa shape index (κ3) is 2.37. The molecule has 1 aromatic rings. The summed E-state index contributed by atoms with van der Waals surface area (Å²) in [6.45, 7) is 0. The summed E-state index contributed by atoms with van der Waals surface area (Å²) >= 11 is 0. The van der Waals surface area contributed by atoms with Crippen molar-refractivity contribution in [3.8, 4) is 5.75 Å². The molecule has 3 rings (SSSR count). The monoisotopic (exact) mass is 307 g/mol. The topological polar surface area (TPSA) is 38.8 Å². The first-order valence-electron chi connectivity index (χ1n) is 7.70. The third-order valence-electron chi connectivity index (χ3n) is 5.35. The highest BCUT2D eigenvalue weighted by atomic mass is 19.1. The van der Waals surface area contributed by atoms with Crippen LogP contribution in [0.1, 0.15) is 30.7 Å². The Hall–Kier alpha value is -1.62. The molecule has 0 aliphatic carbocycles. The van der Waals surface area contributed by atoms with Gasteiger partial charge in [-0.2, -0.15) is 0 Å². The van der Waals surface area contributed by atoms with Crippen LogP contribution in [0.15, 0.2) is 18.2 Å². The SMILES string of the molecule is COC(=O)[C@H]1[C@@H](c2ccc(OC)c(F)c2)C[C@@H]2CC[C@H]1N2C. The number of methoxy groups -OCH3 is 2. The molecule has 2 aliphatic heterocycles. The highest BCUT2D eigenvalue weighted by Crippen LogP contribution is 2.47. The number of hydrogen-bond acceptors (Lipinski definition) is 4. The van der Waals surface area contributed by atoms with Gasteiger partial charge in [0.15, 0.2) is 11.6 Å². The summed E-state index contributed by atoms with van der Waals surface area (Å²) in [6, 6.07) is 5.65. The Morgan fingerprint density at radius 3 is 2.73 bits per heavy atom. The van der Waals surface area contributed by atoms with Crippen molar-refractivity contribution in [2.45, 2.75) is 37.3 Å². The van der Waals surface area contributed by atoms with Crippen LogP contribution in [0.5, 0.6) is 5.75 Å². The van der Waals surface area contributed by atoms with Crippen molar-refractivity contribution in [3.63, 3.8) is 0 Å². The quantitative estimate of drug-likeness (QED) is 0.805. The van der Waals surface area contributed by atoms with E-state index in [1.54, 1.807) is 6.07 Å². The molecule has 4 atom stereocenters.